The number of amides is 1. The lowest BCUT2D eigenvalue weighted by Gasteiger charge is -2.31. The Kier molecular flexibility index (Phi) is 3.31. The summed E-state index contributed by atoms with van der Waals surface area (Å²) in [4.78, 5) is 24.2. The van der Waals surface area contributed by atoms with Gasteiger partial charge in [-0.3, -0.25) is 10.00 Å². The number of H-pyrrole nitrogens is 1. The summed E-state index contributed by atoms with van der Waals surface area (Å²) in [6.45, 7) is 3.78. The number of ether oxygens (including phenoxy) is 1. The number of carboxylic acid groups (broad SMARTS) is 1. The summed E-state index contributed by atoms with van der Waals surface area (Å²) >= 11 is 0. The number of carbonyl (C=O) groups excluding carboxylic acids is 1. The van der Waals surface area contributed by atoms with Gasteiger partial charge in [-0.1, -0.05) is 12.7 Å². The predicted octanol–water partition coefficient (Wildman–Crippen LogP) is 0.716. The van der Waals surface area contributed by atoms with Crippen LogP contribution in [0.1, 0.15) is 17.3 Å². The van der Waals surface area contributed by atoms with E-state index < -0.39 is 18.1 Å². The molecule has 7 nitrogen and oxygen atoms in total. The molecule has 1 aliphatic heterocycles. The first kappa shape index (κ1) is 12.2. The lowest BCUT2D eigenvalue weighted by molar-refractivity contribution is -0.143. The quantitative estimate of drug-likeness (QED) is 0.771. The zero-order valence-corrected chi connectivity index (χ0v) is 9.63. The van der Waals surface area contributed by atoms with Crippen LogP contribution < -0.4 is 0 Å². The van der Waals surface area contributed by atoms with Crippen molar-refractivity contribution in [3.8, 4) is 0 Å². The molecule has 0 saturated carbocycles. The Morgan fingerprint density at radius 2 is 2.50 bits per heavy atom. The van der Waals surface area contributed by atoms with Gasteiger partial charge >= 0.3 is 12.1 Å². The summed E-state index contributed by atoms with van der Waals surface area (Å²) in [5.41, 5.74) is 1.25. The van der Waals surface area contributed by atoms with Gasteiger partial charge in [0.1, 0.15) is 6.61 Å². The largest absolute Gasteiger partial charge is 0.479 e. The number of hydrogen-bond donors (Lipinski definition) is 2. The van der Waals surface area contributed by atoms with Crippen LogP contribution in [0.25, 0.3) is 0 Å². The molecule has 0 aromatic carbocycles. The number of hydrogen-bond acceptors (Lipinski definition) is 4. The Morgan fingerprint density at radius 1 is 1.72 bits per heavy atom. The van der Waals surface area contributed by atoms with Gasteiger partial charge < -0.3 is 9.84 Å². The standard InChI is InChI=1S/C11H13N3O4/c1-2-5-18-11(17)14-4-3-7-6-12-13-8(7)9(14)10(15)16/h2,6,9H,1,3-5H2,(H,12,13)(H,15,16). The number of nitrogens with zero attached hydrogens (tertiary/aromatic N) is 2. The monoisotopic (exact) mass is 251 g/mol. The molecule has 7 heteroatoms. The summed E-state index contributed by atoms with van der Waals surface area (Å²) in [6.07, 6.45) is 2.90. The fourth-order valence-electron chi connectivity index (χ4n) is 1.95. The van der Waals surface area contributed by atoms with Gasteiger partial charge in [0.25, 0.3) is 0 Å². The third kappa shape index (κ3) is 2.06. The average Bonchev–Trinajstić information content (AvgIpc) is 2.82. The highest BCUT2D eigenvalue weighted by Gasteiger charge is 2.38. The predicted molar refractivity (Wildman–Crippen MR) is 60.9 cm³/mol. The van der Waals surface area contributed by atoms with Crippen LogP contribution in [0, 0.1) is 0 Å². The number of aromatic nitrogens is 2. The zero-order valence-electron chi connectivity index (χ0n) is 9.63. The molecule has 0 saturated heterocycles. The van der Waals surface area contributed by atoms with Crippen LogP contribution in [0.3, 0.4) is 0 Å². The Morgan fingerprint density at radius 3 is 3.17 bits per heavy atom. The highest BCUT2D eigenvalue weighted by Crippen LogP contribution is 2.28. The van der Waals surface area contributed by atoms with Gasteiger partial charge in [0.2, 0.25) is 0 Å². The molecule has 1 aliphatic rings. The molecule has 1 aromatic rings. The molecule has 2 heterocycles. The molecule has 96 valence electrons. The van der Waals surface area contributed by atoms with E-state index in [4.69, 9.17) is 4.74 Å². The molecule has 1 aromatic heterocycles. The van der Waals surface area contributed by atoms with Crippen molar-refractivity contribution in [1.82, 2.24) is 15.1 Å². The number of carbonyl (C=O) groups is 2. The summed E-state index contributed by atoms with van der Waals surface area (Å²) in [7, 11) is 0. The number of carboxylic acids is 1. The van der Waals surface area contributed by atoms with Crippen LogP contribution in [0.4, 0.5) is 4.79 Å². The van der Waals surface area contributed by atoms with Crippen molar-refractivity contribution >= 4 is 12.1 Å². The smallest absolute Gasteiger partial charge is 0.411 e. The fraction of sp³-hybridized carbons (Fsp3) is 0.364. The number of fused-ring (bicyclic) bond motifs is 1. The summed E-state index contributed by atoms with van der Waals surface area (Å²) in [6, 6.07) is -1.08. The van der Waals surface area contributed by atoms with E-state index in [1.54, 1.807) is 6.20 Å². The molecule has 0 bridgehead atoms. The highest BCUT2D eigenvalue weighted by molar-refractivity contribution is 5.82. The Hall–Kier alpha value is -2.31. The molecular formula is C11H13N3O4. The lowest BCUT2D eigenvalue weighted by atomic mass is 10.0. The highest BCUT2D eigenvalue weighted by atomic mass is 16.6. The summed E-state index contributed by atoms with van der Waals surface area (Å²) in [5.74, 6) is -1.12. The van der Waals surface area contributed by atoms with Crippen LogP contribution in [0.5, 0.6) is 0 Å². The first-order valence-corrected chi connectivity index (χ1v) is 5.44. The van der Waals surface area contributed by atoms with Gasteiger partial charge in [0.15, 0.2) is 6.04 Å². The first-order chi connectivity index (χ1) is 8.65. The molecule has 1 unspecified atom stereocenters. The maximum atomic E-state index is 11.8. The van der Waals surface area contributed by atoms with E-state index in [1.807, 2.05) is 0 Å². The lowest BCUT2D eigenvalue weighted by Crippen LogP contribution is -2.43. The Labute approximate surface area is 103 Å². The van der Waals surface area contributed by atoms with Crippen LogP contribution in [-0.2, 0) is 16.0 Å². The van der Waals surface area contributed by atoms with Gasteiger partial charge in [-0.2, -0.15) is 5.10 Å². The average molecular weight is 251 g/mol. The minimum absolute atomic E-state index is 0.0531. The Bertz CT molecular complexity index is 482. The second-order valence-electron chi connectivity index (χ2n) is 3.86. The minimum Gasteiger partial charge on any atom is -0.479 e. The zero-order chi connectivity index (χ0) is 13.1. The number of rotatable bonds is 3. The van der Waals surface area contributed by atoms with Crippen LogP contribution in [0.2, 0.25) is 0 Å². The van der Waals surface area contributed by atoms with Crippen molar-refractivity contribution in [3.05, 3.63) is 30.1 Å². The van der Waals surface area contributed by atoms with Gasteiger partial charge in [0.05, 0.1) is 11.9 Å². The normalized spacial score (nSPS) is 18.0. The molecule has 18 heavy (non-hydrogen) atoms. The van der Waals surface area contributed by atoms with Crippen molar-refractivity contribution in [2.75, 3.05) is 13.2 Å². The maximum absolute atomic E-state index is 11.8. The molecule has 0 fully saturated rings. The van der Waals surface area contributed by atoms with Crippen molar-refractivity contribution < 1.29 is 19.4 Å². The van der Waals surface area contributed by atoms with E-state index >= 15 is 0 Å². The topological polar surface area (TPSA) is 95.5 Å². The van der Waals surface area contributed by atoms with Gasteiger partial charge in [-0.25, -0.2) is 9.59 Å². The van der Waals surface area contributed by atoms with E-state index in [2.05, 4.69) is 16.8 Å². The second kappa shape index (κ2) is 4.91. The second-order valence-corrected chi connectivity index (χ2v) is 3.86. The van der Waals surface area contributed by atoms with E-state index in [0.717, 1.165) is 5.56 Å². The van der Waals surface area contributed by atoms with E-state index in [9.17, 15) is 14.7 Å². The first-order valence-electron chi connectivity index (χ1n) is 5.44. The molecule has 1 atom stereocenters. The van der Waals surface area contributed by atoms with Gasteiger partial charge in [-0.15, -0.1) is 0 Å². The van der Waals surface area contributed by atoms with Crippen molar-refractivity contribution in [3.63, 3.8) is 0 Å². The summed E-state index contributed by atoms with van der Waals surface area (Å²) in [5, 5.41) is 15.7. The SMILES string of the molecule is C=CCOC(=O)N1CCc2cn[nH]c2C1C(=O)O. The molecular weight excluding hydrogens is 238 g/mol. The van der Waals surface area contributed by atoms with E-state index in [1.165, 1.54) is 11.0 Å². The fourth-order valence-corrected chi connectivity index (χ4v) is 1.95. The number of aromatic amines is 1. The summed E-state index contributed by atoms with van der Waals surface area (Å²) < 4.78 is 4.87. The Balaban J connectivity index is 2.24. The molecule has 0 radical (unpaired) electrons. The molecule has 0 aliphatic carbocycles. The van der Waals surface area contributed by atoms with Crippen molar-refractivity contribution in [2.45, 2.75) is 12.5 Å². The number of aliphatic carboxylic acids is 1. The minimum atomic E-state index is -1.12. The third-order valence-corrected chi connectivity index (χ3v) is 2.75. The molecule has 2 N–H and O–H groups in total. The van der Waals surface area contributed by atoms with E-state index in [0.29, 0.717) is 18.7 Å². The maximum Gasteiger partial charge on any atom is 0.411 e. The van der Waals surface area contributed by atoms with Gasteiger partial charge in [0, 0.05) is 6.54 Å². The molecule has 2 rings (SSSR count). The molecule has 0 spiro atoms. The van der Waals surface area contributed by atoms with Crippen molar-refractivity contribution in [1.29, 1.82) is 0 Å². The van der Waals surface area contributed by atoms with E-state index in [-0.39, 0.29) is 6.61 Å². The van der Waals surface area contributed by atoms with Crippen LogP contribution >= 0.6 is 0 Å². The van der Waals surface area contributed by atoms with Gasteiger partial charge in [-0.05, 0) is 12.0 Å². The van der Waals surface area contributed by atoms with Crippen LogP contribution in [0.15, 0.2) is 18.9 Å². The van der Waals surface area contributed by atoms with Crippen LogP contribution in [-0.4, -0.2) is 45.4 Å². The van der Waals surface area contributed by atoms with Crippen molar-refractivity contribution in [2.24, 2.45) is 0 Å². The molecule has 1 amide bonds. The number of nitrogens with one attached hydrogen (secondary N) is 1. The third-order valence-electron chi connectivity index (χ3n) is 2.75.